The van der Waals surface area contributed by atoms with Crippen molar-refractivity contribution in [2.45, 2.75) is 31.9 Å². The largest absolute Gasteiger partial charge is 0.352 e. The van der Waals surface area contributed by atoms with Gasteiger partial charge >= 0.3 is 0 Å². The zero-order valence-electron chi connectivity index (χ0n) is 9.97. The van der Waals surface area contributed by atoms with Crippen LogP contribution in [0, 0.1) is 13.8 Å². The highest BCUT2D eigenvalue weighted by Crippen LogP contribution is 2.19. The molecule has 2 rings (SSSR count). The van der Waals surface area contributed by atoms with Crippen LogP contribution >= 0.6 is 0 Å². The van der Waals surface area contributed by atoms with Crippen LogP contribution in [0.4, 0.5) is 5.95 Å². The Morgan fingerprint density at radius 2 is 2.06 bits per heavy atom. The van der Waals surface area contributed by atoms with Crippen LogP contribution in [0.15, 0.2) is 0 Å². The van der Waals surface area contributed by atoms with E-state index >= 15 is 0 Å². The van der Waals surface area contributed by atoms with Gasteiger partial charge in [-0.25, -0.2) is 13.4 Å². The van der Waals surface area contributed by atoms with E-state index in [1.54, 1.807) is 0 Å². The summed E-state index contributed by atoms with van der Waals surface area (Å²) in [5.41, 5.74) is 1.58. The van der Waals surface area contributed by atoms with Gasteiger partial charge < -0.3 is 5.32 Å². The van der Waals surface area contributed by atoms with Gasteiger partial charge in [0.2, 0.25) is 5.95 Å². The van der Waals surface area contributed by atoms with Crippen molar-refractivity contribution >= 4 is 15.8 Å². The van der Waals surface area contributed by atoms with Gasteiger partial charge in [0.15, 0.2) is 9.84 Å². The van der Waals surface area contributed by atoms with Gasteiger partial charge in [0, 0.05) is 6.54 Å². The predicted octanol–water partition coefficient (Wildman–Crippen LogP) is 0.478. The monoisotopic (exact) mass is 256 g/mol. The molecule has 1 unspecified atom stereocenters. The smallest absolute Gasteiger partial charge is 0.243 e. The molecule has 1 aliphatic heterocycles. The van der Waals surface area contributed by atoms with E-state index in [0.717, 1.165) is 17.8 Å². The summed E-state index contributed by atoms with van der Waals surface area (Å²) in [5.74, 6) is 0.695. The second-order valence-electron chi connectivity index (χ2n) is 4.32. The molecule has 0 aliphatic carbocycles. The van der Waals surface area contributed by atoms with E-state index < -0.39 is 9.84 Å². The van der Waals surface area contributed by atoms with E-state index in [1.165, 1.54) is 0 Å². The van der Waals surface area contributed by atoms with Gasteiger partial charge in [-0.05, 0) is 26.7 Å². The SMILES string of the molecule is Cc1nnc(NCC2CCCS2(=O)=O)nc1C. The molecule has 1 saturated heterocycles. The van der Waals surface area contributed by atoms with Crippen LogP contribution in [0.25, 0.3) is 0 Å². The Kier molecular flexibility index (Phi) is 3.28. The summed E-state index contributed by atoms with van der Waals surface area (Å²) in [6.45, 7) is 4.05. The lowest BCUT2D eigenvalue weighted by Crippen LogP contribution is -2.26. The fourth-order valence-electron chi connectivity index (χ4n) is 1.82. The number of sulfone groups is 1. The molecule has 0 amide bonds. The topological polar surface area (TPSA) is 84.8 Å². The first kappa shape index (κ1) is 12.2. The molecule has 0 aromatic carbocycles. The third-order valence-corrected chi connectivity index (χ3v) is 5.32. The second-order valence-corrected chi connectivity index (χ2v) is 6.72. The molecule has 2 heterocycles. The standard InChI is InChI=1S/C10H16N4O2S/c1-7-8(2)13-14-10(12-7)11-6-9-4-3-5-17(9,15)16/h9H,3-6H2,1-2H3,(H,11,12,14). The van der Waals surface area contributed by atoms with Crippen LogP contribution in [-0.4, -0.2) is 41.1 Å². The Balaban J connectivity index is 2.00. The average molecular weight is 256 g/mol. The third kappa shape index (κ3) is 2.71. The Bertz CT molecular complexity index is 515. The number of anilines is 1. The Labute approximate surface area is 101 Å². The number of nitrogens with zero attached hydrogens (tertiary/aromatic N) is 3. The van der Waals surface area contributed by atoms with Crippen molar-refractivity contribution in [3.8, 4) is 0 Å². The van der Waals surface area contributed by atoms with Crippen molar-refractivity contribution in [3.05, 3.63) is 11.4 Å². The molecule has 0 bridgehead atoms. The molecule has 7 heteroatoms. The molecular formula is C10H16N4O2S. The average Bonchev–Trinajstić information content (AvgIpc) is 2.60. The lowest BCUT2D eigenvalue weighted by atomic mass is 10.2. The molecule has 1 aromatic heterocycles. The number of hydrogen-bond donors (Lipinski definition) is 1. The van der Waals surface area contributed by atoms with E-state index in [2.05, 4.69) is 20.5 Å². The summed E-state index contributed by atoms with van der Waals surface area (Å²) in [7, 11) is -2.91. The van der Waals surface area contributed by atoms with Gasteiger partial charge in [-0.3, -0.25) is 0 Å². The fourth-order valence-corrected chi connectivity index (χ4v) is 3.59. The summed E-state index contributed by atoms with van der Waals surface area (Å²) in [5, 5.41) is 10.5. The van der Waals surface area contributed by atoms with Crippen LogP contribution in [0.3, 0.4) is 0 Å². The minimum absolute atomic E-state index is 0.297. The predicted molar refractivity (Wildman–Crippen MR) is 64.6 cm³/mol. The van der Waals surface area contributed by atoms with E-state index in [0.29, 0.717) is 24.7 Å². The summed E-state index contributed by atoms with van der Waals surface area (Å²) in [6.07, 6.45) is 1.47. The third-order valence-electron chi connectivity index (χ3n) is 3.04. The number of aromatic nitrogens is 3. The lowest BCUT2D eigenvalue weighted by molar-refractivity contribution is 0.591. The van der Waals surface area contributed by atoms with Crippen molar-refractivity contribution in [3.63, 3.8) is 0 Å². The van der Waals surface area contributed by atoms with Crippen molar-refractivity contribution in [1.29, 1.82) is 0 Å². The molecular weight excluding hydrogens is 240 g/mol. The van der Waals surface area contributed by atoms with Crippen molar-refractivity contribution in [1.82, 2.24) is 15.2 Å². The minimum Gasteiger partial charge on any atom is -0.352 e. The molecule has 1 N–H and O–H groups in total. The first-order chi connectivity index (χ1) is 7.99. The highest BCUT2D eigenvalue weighted by Gasteiger charge is 2.30. The molecule has 0 radical (unpaired) electrons. The number of hydrogen-bond acceptors (Lipinski definition) is 6. The first-order valence-corrected chi connectivity index (χ1v) is 7.34. The Morgan fingerprint density at radius 3 is 2.65 bits per heavy atom. The minimum atomic E-state index is -2.91. The summed E-state index contributed by atoms with van der Waals surface area (Å²) in [4.78, 5) is 4.20. The zero-order valence-corrected chi connectivity index (χ0v) is 10.8. The maximum Gasteiger partial charge on any atom is 0.243 e. The first-order valence-electron chi connectivity index (χ1n) is 5.62. The van der Waals surface area contributed by atoms with E-state index in [9.17, 15) is 8.42 Å². The van der Waals surface area contributed by atoms with Gasteiger partial charge in [-0.2, -0.15) is 5.10 Å². The number of aryl methyl sites for hydroxylation is 2. The fraction of sp³-hybridized carbons (Fsp3) is 0.700. The Hall–Kier alpha value is -1.24. The number of nitrogens with one attached hydrogen (secondary N) is 1. The van der Waals surface area contributed by atoms with Crippen molar-refractivity contribution in [2.24, 2.45) is 0 Å². The maximum atomic E-state index is 11.6. The molecule has 1 aromatic rings. The van der Waals surface area contributed by atoms with E-state index in [-0.39, 0.29) is 5.25 Å². The van der Waals surface area contributed by atoms with Crippen molar-refractivity contribution < 1.29 is 8.42 Å². The second kappa shape index (κ2) is 4.56. The molecule has 17 heavy (non-hydrogen) atoms. The number of rotatable bonds is 3. The van der Waals surface area contributed by atoms with Crippen LogP contribution < -0.4 is 5.32 Å². The summed E-state index contributed by atoms with van der Waals surface area (Å²) in [6, 6.07) is 0. The summed E-state index contributed by atoms with van der Waals surface area (Å²) < 4.78 is 23.2. The summed E-state index contributed by atoms with van der Waals surface area (Å²) >= 11 is 0. The quantitative estimate of drug-likeness (QED) is 0.846. The Morgan fingerprint density at radius 1 is 1.29 bits per heavy atom. The van der Waals surface area contributed by atoms with Crippen LogP contribution in [0.1, 0.15) is 24.2 Å². The van der Waals surface area contributed by atoms with Gasteiger partial charge in [-0.15, -0.1) is 5.10 Å². The molecule has 6 nitrogen and oxygen atoms in total. The highest BCUT2D eigenvalue weighted by molar-refractivity contribution is 7.92. The zero-order chi connectivity index (χ0) is 12.5. The van der Waals surface area contributed by atoms with E-state index in [1.807, 2.05) is 13.8 Å². The molecule has 94 valence electrons. The van der Waals surface area contributed by atoms with Gasteiger partial charge in [-0.1, -0.05) is 0 Å². The normalized spacial score (nSPS) is 22.6. The van der Waals surface area contributed by atoms with Crippen molar-refractivity contribution in [2.75, 3.05) is 17.6 Å². The van der Waals surface area contributed by atoms with Crippen LogP contribution in [-0.2, 0) is 9.84 Å². The molecule has 1 atom stereocenters. The lowest BCUT2D eigenvalue weighted by Gasteiger charge is -2.10. The van der Waals surface area contributed by atoms with Gasteiger partial charge in [0.1, 0.15) is 0 Å². The van der Waals surface area contributed by atoms with E-state index in [4.69, 9.17) is 0 Å². The molecule has 1 fully saturated rings. The molecule has 0 saturated carbocycles. The van der Waals surface area contributed by atoms with Gasteiger partial charge in [0.25, 0.3) is 0 Å². The highest BCUT2D eigenvalue weighted by atomic mass is 32.2. The van der Waals surface area contributed by atoms with Crippen LogP contribution in [0.5, 0.6) is 0 Å². The molecule has 0 spiro atoms. The molecule has 1 aliphatic rings. The van der Waals surface area contributed by atoms with Crippen LogP contribution in [0.2, 0.25) is 0 Å². The van der Waals surface area contributed by atoms with Gasteiger partial charge in [0.05, 0.1) is 22.4 Å². The maximum absolute atomic E-state index is 11.6.